The van der Waals surface area contributed by atoms with E-state index in [9.17, 15) is 14.2 Å². The third kappa shape index (κ3) is 3.84. The largest absolute Gasteiger partial charge is 0.302 e. The Morgan fingerprint density at radius 1 is 0.960 bits per heavy atom. The molecular formula is C21H19O3P. The molecule has 0 amide bonds. The van der Waals surface area contributed by atoms with E-state index in [0.717, 1.165) is 0 Å². The van der Waals surface area contributed by atoms with Crippen LogP contribution in [-0.4, -0.2) is 11.0 Å². The molecule has 1 unspecified atom stereocenters. The summed E-state index contributed by atoms with van der Waals surface area (Å²) in [5, 5.41) is 0.224. The number of carbonyl (C=O) groups excluding carboxylic acids is 2. The molecule has 0 bridgehead atoms. The Hall–Kier alpha value is -2.77. The van der Waals surface area contributed by atoms with Gasteiger partial charge in [-0.15, -0.1) is 0 Å². The predicted molar refractivity (Wildman–Crippen MR) is 103 cm³/mol. The minimum Gasteiger partial charge on any atom is -0.302 e. The summed E-state index contributed by atoms with van der Waals surface area (Å²) in [4.78, 5) is 26.1. The summed E-state index contributed by atoms with van der Waals surface area (Å²) in [5.41, 5.74) is -0.981. The summed E-state index contributed by atoms with van der Waals surface area (Å²) in [7, 11) is -4.04. The zero-order valence-electron chi connectivity index (χ0n) is 14.0. The first-order valence-electron chi connectivity index (χ1n) is 7.81. The quantitative estimate of drug-likeness (QED) is 0.412. The van der Waals surface area contributed by atoms with E-state index in [1.807, 2.05) is 0 Å². The molecule has 0 aliphatic heterocycles. The molecule has 4 heteroatoms. The first-order valence-corrected chi connectivity index (χ1v) is 9.52. The Labute approximate surface area is 147 Å². The van der Waals surface area contributed by atoms with Crippen LogP contribution in [0.3, 0.4) is 0 Å². The molecule has 126 valence electrons. The van der Waals surface area contributed by atoms with Gasteiger partial charge >= 0.3 is 0 Å². The van der Waals surface area contributed by atoms with Crippen LogP contribution >= 0.6 is 7.14 Å². The van der Waals surface area contributed by atoms with E-state index in [1.54, 1.807) is 79.7 Å². The van der Waals surface area contributed by atoms with Crippen LogP contribution in [-0.2, 0) is 9.36 Å². The van der Waals surface area contributed by atoms with E-state index in [-0.39, 0.29) is 16.4 Å². The number of rotatable bonds is 7. The summed E-state index contributed by atoms with van der Waals surface area (Å²) >= 11 is 0. The summed E-state index contributed by atoms with van der Waals surface area (Å²) in [6.45, 7) is 5.42. The van der Waals surface area contributed by atoms with Crippen molar-refractivity contribution < 1.29 is 14.2 Å². The minimum absolute atomic E-state index is 0.148. The third-order valence-electron chi connectivity index (χ3n) is 3.65. The maximum atomic E-state index is 13.8. The Kier molecular flexibility index (Phi) is 6.21. The first-order chi connectivity index (χ1) is 12.1. The molecule has 0 N–H and O–H groups in total. The normalized spacial score (nSPS) is 14.0. The SMILES string of the molecule is C=C/C(=C\C=C/C)C(=O)P(=O)(C(=O)c1ccccc1)c1ccccc1. The van der Waals surface area contributed by atoms with Crippen molar-refractivity contribution >= 4 is 23.5 Å². The Morgan fingerprint density at radius 2 is 1.52 bits per heavy atom. The summed E-state index contributed by atoms with van der Waals surface area (Å²) < 4.78 is 13.8. The van der Waals surface area contributed by atoms with Crippen LogP contribution in [0.25, 0.3) is 0 Å². The lowest BCUT2D eigenvalue weighted by Gasteiger charge is -2.17. The molecule has 2 aromatic carbocycles. The first kappa shape index (κ1) is 18.6. The standard InChI is InChI=1S/C21H19O3P/c1-3-5-12-17(4-2)20(22)25(24,19-15-10-7-11-16-19)21(23)18-13-8-6-9-14-18/h3-16H,2H2,1H3/b5-3-,17-12+. The number of carbonyl (C=O) groups is 2. The van der Waals surface area contributed by atoms with E-state index in [4.69, 9.17) is 0 Å². The van der Waals surface area contributed by atoms with Crippen molar-refractivity contribution in [3.05, 3.63) is 103 Å². The van der Waals surface area contributed by atoms with Gasteiger partial charge in [0.25, 0.3) is 0 Å². The molecule has 0 aromatic heterocycles. The van der Waals surface area contributed by atoms with Gasteiger partial charge in [0.05, 0.1) is 0 Å². The van der Waals surface area contributed by atoms with Crippen molar-refractivity contribution in [1.29, 1.82) is 0 Å². The van der Waals surface area contributed by atoms with E-state index in [1.165, 1.54) is 12.2 Å². The van der Waals surface area contributed by atoms with Crippen LogP contribution < -0.4 is 5.30 Å². The monoisotopic (exact) mass is 350 g/mol. The molecule has 0 saturated heterocycles. The fourth-order valence-corrected chi connectivity index (χ4v) is 4.62. The van der Waals surface area contributed by atoms with Crippen LogP contribution in [0, 0.1) is 0 Å². The average molecular weight is 350 g/mol. The topological polar surface area (TPSA) is 51.2 Å². The van der Waals surface area contributed by atoms with Gasteiger partial charge in [-0.3, -0.25) is 9.59 Å². The fourth-order valence-electron chi connectivity index (χ4n) is 2.34. The molecule has 0 radical (unpaired) electrons. The van der Waals surface area contributed by atoms with Crippen LogP contribution in [0.2, 0.25) is 0 Å². The summed E-state index contributed by atoms with van der Waals surface area (Å²) in [6.07, 6.45) is 6.24. The fraction of sp³-hybridized carbons (Fsp3) is 0.0476. The molecule has 0 heterocycles. The molecule has 1 atom stereocenters. The van der Waals surface area contributed by atoms with Gasteiger partial charge in [-0.25, -0.2) is 0 Å². The Morgan fingerprint density at radius 3 is 2.04 bits per heavy atom. The predicted octanol–water partition coefficient (Wildman–Crippen LogP) is 4.73. The lowest BCUT2D eigenvalue weighted by atomic mass is 10.2. The molecule has 0 spiro atoms. The van der Waals surface area contributed by atoms with Gasteiger partial charge in [-0.1, -0.05) is 91.5 Å². The minimum atomic E-state index is -4.04. The maximum Gasteiger partial charge on any atom is 0.248 e. The molecule has 2 aromatic rings. The van der Waals surface area contributed by atoms with E-state index >= 15 is 0 Å². The van der Waals surface area contributed by atoms with E-state index < -0.39 is 18.2 Å². The molecule has 0 saturated carbocycles. The van der Waals surface area contributed by atoms with Gasteiger partial charge in [-0.2, -0.15) is 0 Å². The molecule has 3 nitrogen and oxygen atoms in total. The van der Waals surface area contributed by atoms with E-state index in [0.29, 0.717) is 0 Å². The van der Waals surface area contributed by atoms with Crippen molar-refractivity contribution in [1.82, 2.24) is 0 Å². The average Bonchev–Trinajstić information content (AvgIpc) is 2.68. The molecule has 0 fully saturated rings. The lowest BCUT2D eigenvalue weighted by Crippen LogP contribution is -2.21. The third-order valence-corrected chi connectivity index (χ3v) is 6.33. The second kappa shape index (κ2) is 8.36. The van der Waals surface area contributed by atoms with Gasteiger partial charge in [0.2, 0.25) is 18.2 Å². The Bertz CT molecular complexity index is 878. The van der Waals surface area contributed by atoms with Gasteiger partial charge in [-0.05, 0) is 6.92 Å². The van der Waals surface area contributed by atoms with Crippen molar-refractivity contribution in [2.24, 2.45) is 0 Å². The highest BCUT2D eigenvalue weighted by Crippen LogP contribution is 2.50. The smallest absolute Gasteiger partial charge is 0.248 e. The molecular weight excluding hydrogens is 331 g/mol. The highest BCUT2D eigenvalue weighted by molar-refractivity contribution is 8.01. The second-order valence-corrected chi connectivity index (χ2v) is 7.82. The molecule has 0 aliphatic carbocycles. The number of hydrogen-bond donors (Lipinski definition) is 0. The van der Waals surface area contributed by atoms with Crippen molar-refractivity contribution in [2.75, 3.05) is 0 Å². The van der Waals surface area contributed by atoms with Gasteiger partial charge in [0.15, 0.2) is 0 Å². The molecule has 2 rings (SSSR count). The summed E-state index contributed by atoms with van der Waals surface area (Å²) in [5.74, 6) is 0. The van der Waals surface area contributed by atoms with Gasteiger partial charge in [0, 0.05) is 16.4 Å². The van der Waals surface area contributed by atoms with Crippen molar-refractivity contribution in [2.45, 2.75) is 6.92 Å². The lowest BCUT2D eigenvalue weighted by molar-refractivity contribution is -0.108. The van der Waals surface area contributed by atoms with Crippen LogP contribution in [0.1, 0.15) is 17.3 Å². The highest BCUT2D eigenvalue weighted by Gasteiger charge is 2.42. The summed E-state index contributed by atoms with van der Waals surface area (Å²) in [6, 6.07) is 16.4. The van der Waals surface area contributed by atoms with Crippen LogP contribution in [0.5, 0.6) is 0 Å². The van der Waals surface area contributed by atoms with Gasteiger partial charge < -0.3 is 4.57 Å². The molecule has 25 heavy (non-hydrogen) atoms. The zero-order valence-corrected chi connectivity index (χ0v) is 14.9. The number of allylic oxidation sites excluding steroid dienone is 5. The van der Waals surface area contributed by atoms with Crippen LogP contribution in [0.15, 0.2) is 97.1 Å². The van der Waals surface area contributed by atoms with E-state index in [2.05, 4.69) is 6.58 Å². The zero-order chi connectivity index (χ0) is 18.3. The molecule has 0 aliphatic rings. The number of benzene rings is 2. The van der Waals surface area contributed by atoms with Crippen LogP contribution in [0.4, 0.5) is 0 Å². The highest BCUT2D eigenvalue weighted by atomic mass is 31.2. The maximum absolute atomic E-state index is 13.8. The second-order valence-electron chi connectivity index (χ2n) is 5.27. The van der Waals surface area contributed by atoms with Gasteiger partial charge in [0.1, 0.15) is 0 Å². The van der Waals surface area contributed by atoms with Crippen molar-refractivity contribution in [3.63, 3.8) is 0 Å². The van der Waals surface area contributed by atoms with Crippen molar-refractivity contribution in [3.8, 4) is 0 Å². The number of hydrogen-bond acceptors (Lipinski definition) is 3. The Balaban J connectivity index is 2.66.